The second kappa shape index (κ2) is 6.30. The molecule has 1 aromatic rings. The van der Waals surface area contributed by atoms with E-state index in [2.05, 4.69) is 6.58 Å². The molecule has 0 aliphatic rings. The summed E-state index contributed by atoms with van der Waals surface area (Å²) in [6.45, 7) is 4.92. The zero-order valence-corrected chi connectivity index (χ0v) is 11.2. The topological polar surface area (TPSA) is 35.2 Å². The molecule has 0 saturated heterocycles. The van der Waals surface area contributed by atoms with Crippen molar-refractivity contribution in [1.82, 2.24) is 0 Å². The van der Waals surface area contributed by atoms with Crippen molar-refractivity contribution in [3.63, 3.8) is 0 Å². The molecule has 0 aromatic heterocycles. The van der Waals surface area contributed by atoms with Crippen molar-refractivity contribution in [3.05, 3.63) is 40.9 Å². The van der Waals surface area contributed by atoms with E-state index in [1.54, 1.807) is 13.0 Å². The normalized spacial score (nSPS) is 13.2. The van der Waals surface area contributed by atoms with Crippen LogP contribution in [0.25, 0.3) is 0 Å². The molecular weight excluding hydrogens is 279 g/mol. The number of halogens is 4. The smallest absolute Gasteiger partial charge is 0.419 e. The fraction of sp³-hybridized carbons (Fsp3) is 0.385. The maximum Gasteiger partial charge on any atom is 0.419 e. The molecule has 0 aliphatic carbocycles. The molecule has 1 unspecified atom stereocenters. The van der Waals surface area contributed by atoms with Gasteiger partial charge < -0.3 is 10.5 Å². The fourth-order valence-corrected chi connectivity index (χ4v) is 1.63. The molecule has 0 aliphatic heterocycles. The lowest BCUT2D eigenvalue weighted by atomic mass is 10.0. The van der Waals surface area contributed by atoms with Crippen LogP contribution in [0.5, 0.6) is 5.75 Å². The van der Waals surface area contributed by atoms with Gasteiger partial charge in [-0.3, -0.25) is 0 Å². The Morgan fingerprint density at radius 1 is 1.47 bits per heavy atom. The molecule has 0 bridgehead atoms. The van der Waals surface area contributed by atoms with Gasteiger partial charge in [-0.05, 0) is 31.0 Å². The van der Waals surface area contributed by atoms with Crippen LogP contribution in [0, 0.1) is 0 Å². The van der Waals surface area contributed by atoms with Crippen LogP contribution in [0.3, 0.4) is 0 Å². The first kappa shape index (κ1) is 15.9. The monoisotopic (exact) mass is 293 g/mol. The van der Waals surface area contributed by atoms with Crippen LogP contribution in [0.2, 0.25) is 0 Å². The van der Waals surface area contributed by atoms with E-state index < -0.39 is 11.7 Å². The van der Waals surface area contributed by atoms with Gasteiger partial charge in [0.15, 0.2) is 0 Å². The predicted octanol–water partition coefficient (Wildman–Crippen LogP) is 3.73. The van der Waals surface area contributed by atoms with E-state index in [1.165, 1.54) is 6.07 Å². The first-order valence-corrected chi connectivity index (χ1v) is 5.99. The predicted molar refractivity (Wildman–Crippen MR) is 69.3 cm³/mol. The number of hydrogen-bond acceptors (Lipinski definition) is 2. The molecule has 0 radical (unpaired) electrons. The van der Waals surface area contributed by atoms with Crippen LogP contribution in [0.4, 0.5) is 13.2 Å². The van der Waals surface area contributed by atoms with Gasteiger partial charge in [0.05, 0.1) is 5.56 Å². The third-order valence-corrected chi connectivity index (χ3v) is 2.40. The Bertz CT molecular complexity index is 458. The van der Waals surface area contributed by atoms with Gasteiger partial charge in [-0.2, -0.15) is 13.2 Å². The molecule has 0 heterocycles. The lowest BCUT2D eigenvalue weighted by molar-refractivity contribution is -0.138. The van der Waals surface area contributed by atoms with Crippen LogP contribution < -0.4 is 10.5 Å². The van der Waals surface area contributed by atoms with Gasteiger partial charge in [-0.1, -0.05) is 24.2 Å². The molecule has 106 valence electrons. The number of rotatable bonds is 5. The van der Waals surface area contributed by atoms with Crippen LogP contribution in [0.1, 0.15) is 18.1 Å². The largest absolute Gasteiger partial charge is 0.487 e. The van der Waals surface area contributed by atoms with Crippen LogP contribution >= 0.6 is 11.6 Å². The summed E-state index contributed by atoms with van der Waals surface area (Å²) in [5.41, 5.74) is 5.26. The highest BCUT2D eigenvalue weighted by molar-refractivity contribution is 6.29. The minimum Gasteiger partial charge on any atom is -0.487 e. The van der Waals surface area contributed by atoms with Gasteiger partial charge in [0.25, 0.3) is 0 Å². The van der Waals surface area contributed by atoms with Gasteiger partial charge in [-0.15, -0.1) is 0 Å². The van der Waals surface area contributed by atoms with Crippen LogP contribution in [-0.4, -0.2) is 12.6 Å². The highest BCUT2D eigenvalue weighted by Gasteiger charge is 2.34. The summed E-state index contributed by atoms with van der Waals surface area (Å²) in [6.07, 6.45) is -4.12. The fourth-order valence-electron chi connectivity index (χ4n) is 1.58. The maximum atomic E-state index is 12.9. The number of alkyl halides is 3. The average Bonchev–Trinajstić information content (AvgIpc) is 2.25. The van der Waals surface area contributed by atoms with Gasteiger partial charge in [0.2, 0.25) is 0 Å². The summed E-state index contributed by atoms with van der Waals surface area (Å²) < 4.78 is 43.8. The Labute approximate surface area is 115 Å². The molecule has 0 amide bonds. The van der Waals surface area contributed by atoms with E-state index >= 15 is 0 Å². The summed E-state index contributed by atoms with van der Waals surface area (Å²) in [6, 6.07) is 3.68. The zero-order chi connectivity index (χ0) is 14.6. The first-order valence-electron chi connectivity index (χ1n) is 5.62. The number of nitrogens with two attached hydrogens (primary N) is 1. The molecule has 0 fully saturated rings. The summed E-state index contributed by atoms with van der Waals surface area (Å²) in [7, 11) is 0. The van der Waals surface area contributed by atoms with E-state index in [-0.39, 0.29) is 23.4 Å². The van der Waals surface area contributed by atoms with Crippen molar-refractivity contribution in [1.29, 1.82) is 0 Å². The van der Waals surface area contributed by atoms with Crippen molar-refractivity contribution in [2.45, 2.75) is 25.6 Å². The highest BCUT2D eigenvalue weighted by atomic mass is 35.5. The molecule has 0 spiro atoms. The van der Waals surface area contributed by atoms with Crippen LogP contribution in [-0.2, 0) is 12.6 Å². The minimum atomic E-state index is -4.49. The maximum absolute atomic E-state index is 12.9. The minimum absolute atomic E-state index is 0.132. The average molecular weight is 294 g/mol. The first-order chi connectivity index (χ1) is 8.70. The van der Waals surface area contributed by atoms with E-state index in [4.69, 9.17) is 22.1 Å². The number of ether oxygens (including phenoxy) is 1. The van der Waals surface area contributed by atoms with Crippen molar-refractivity contribution in [2.24, 2.45) is 5.73 Å². The van der Waals surface area contributed by atoms with Crippen molar-refractivity contribution in [3.8, 4) is 5.75 Å². The quantitative estimate of drug-likeness (QED) is 0.898. The van der Waals surface area contributed by atoms with Crippen molar-refractivity contribution >= 4 is 11.6 Å². The molecule has 2 N–H and O–H groups in total. The SMILES string of the molecule is C=C(Cl)COc1ccc(CC(C)N)cc1C(F)(F)F. The Balaban J connectivity index is 3.06. The molecule has 1 rings (SSSR count). The molecule has 2 nitrogen and oxygen atoms in total. The molecule has 19 heavy (non-hydrogen) atoms. The van der Waals surface area contributed by atoms with Gasteiger partial charge in [0, 0.05) is 11.1 Å². The van der Waals surface area contributed by atoms with E-state index in [0.29, 0.717) is 12.0 Å². The highest BCUT2D eigenvalue weighted by Crippen LogP contribution is 2.37. The van der Waals surface area contributed by atoms with E-state index in [1.807, 2.05) is 0 Å². The Morgan fingerprint density at radius 2 is 2.11 bits per heavy atom. The van der Waals surface area contributed by atoms with Crippen molar-refractivity contribution in [2.75, 3.05) is 6.61 Å². The van der Waals surface area contributed by atoms with Gasteiger partial charge in [-0.25, -0.2) is 0 Å². The van der Waals surface area contributed by atoms with Crippen molar-refractivity contribution < 1.29 is 17.9 Å². The van der Waals surface area contributed by atoms with Gasteiger partial charge in [0.1, 0.15) is 12.4 Å². The third kappa shape index (κ3) is 5.12. The van der Waals surface area contributed by atoms with Gasteiger partial charge >= 0.3 is 6.18 Å². The molecular formula is C13H15ClF3NO. The second-order valence-corrected chi connectivity index (χ2v) is 4.85. The van der Waals surface area contributed by atoms with E-state index in [0.717, 1.165) is 6.07 Å². The zero-order valence-electron chi connectivity index (χ0n) is 10.4. The lowest BCUT2D eigenvalue weighted by Crippen LogP contribution is -2.18. The number of hydrogen-bond donors (Lipinski definition) is 1. The number of benzene rings is 1. The van der Waals surface area contributed by atoms with Crippen LogP contribution in [0.15, 0.2) is 29.8 Å². The van der Waals surface area contributed by atoms with E-state index in [9.17, 15) is 13.2 Å². The summed E-state index contributed by atoms with van der Waals surface area (Å²) in [4.78, 5) is 0. The third-order valence-electron chi connectivity index (χ3n) is 2.29. The Hall–Kier alpha value is -1.20. The summed E-state index contributed by atoms with van der Waals surface area (Å²) >= 11 is 5.48. The summed E-state index contributed by atoms with van der Waals surface area (Å²) in [5.74, 6) is -0.261. The lowest BCUT2D eigenvalue weighted by Gasteiger charge is -2.15. The second-order valence-electron chi connectivity index (χ2n) is 4.32. The Kier molecular flexibility index (Phi) is 5.26. The molecule has 1 atom stereocenters. The molecule has 6 heteroatoms. The molecule has 0 saturated carbocycles. The molecule has 1 aromatic carbocycles. The summed E-state index contributed by atoms with van der Waals surface area (Å²) in [5, 5.41) is 0.132. The Morgan fingerprint density at radius 3 is 2.58 bits per heavy atom. The standard InChI is InChI=1S/C13H15ClF3NO/c1-8(14)7-19-12-4-3-10(5-9(2)18)6-11(12)13(15,16)17/h3-4,6,9H,1,5,7,18H2,2H3.